The van der Waals surface area contributed by atoms with Crippen molar-refractivity contribution >= 4 is 0 Å². The first-order valence-corrected chi connectivity index (χ1v) is 6.21. The van der Waals surface area contributed by atoms with Gasteiger partial charge in [0, 0.05) is 6.54 Å². The van der Waals surface area contributed by atoms with Crippen molar-refractivity contribution in [3.05, 3.63) is 48.3 Å². The van der Waals surface area contributed by atoms with Gasteiger partial charge in [0.1, 0.15) is 18.5 Å². The lowest BCUT2D eigenvalue weighted by Gasteiger charge is -2.36. The summed E-state index contributed by atoms with van der Waals surface area (Å²) in [5, 5.41) is 6.37. The van der Waals surface area contributed by atoms with Crippen molar-refractivity contribution in [2.24, 2.45) is 0 Å². The first-order valence-electron chi connectivity index (χ1n) is 6.21. The van der Waals surface area contributed by atoms with Gasteiger partial charge in [0.05, 0.1) is 6.04 Å². The van der Waals surface area contributed by atoms with Crippen molar-refractivity contribution in [2.75, 3.05) is 11.6 Å². The van der Waals surface area contributed by atoms with Gasteiger partial charge in [-0.1, -0.05) is 12.1 Å². The molecule has 1 aliphatic heterocycles. The average molecular weight is 246 g/mol. The first-order chi connectivity index (χ1) is 8.84. The van der Waals surface area contributed by atoms with Crippen LogP contribution in [0.1, 0.15) is 30.9 Å². The zero-order chi connectivity index (χ0) is 12.4. The highest BCUT2D eigenvalue weighted by Crippen LogP contribution is 2.29. The van der Waals surface area contributed by atoms with E-state index in [1.807, 2.05) is 12.1 Å². The van der Waals surface area contributed by atoms with Crippen molar-refractivity contribution in [2.45, 2.75) is 25.3 Å². The Morgan fingerprint density at radius 2 is 2.00 bits per heavy atom. The van der Waals surface area contributed by atoms with Crippen molar-refractivity contribution in [3.63, 3.8) is 0 Å². The monoisotopic (exact) mass is 246 g/mol. The van der Waals surface area contributed by atoms with E-state index in [1.165, 1.54) is 24.9 Å². The number of hydrogen-bond donors (Lipinski definition) is 0. The van der Waals surface area contributed by atoms with E-state index in [0.717, 1.165) is 24.9 Å². The molecular formula is C13H15FN4. The summed E-state index contributed by atoms with van der Waals surface area (Å²) < 4.78 is 13.0. The zero-order valence-electron chi connectivity index (χ0n) is 10.0. The molecule has 0 radical (unpaired) electrons. The molecule has 5 heteroatoms. The Morgan fingerprint density at radius 1 is 1.17 bits per heavy atom. The van der Waals surface area contributed by atoms with Gasteiger partial charge in [-0.05, 0) is 37.0 Å². The maximum Gasteiger partial charge on any atom is 0.139 e. The second-order valence-corrected chi connectivity index (χ2v) is 4.54. The molecule has 1 unspecified atom stereocenters. The molecule has 0 N–H and O–H groups in total. The first kappa shape index (κ1) is 11.2. The van der Waals surface area contributed by atoms with Crippen LogP contribution in [0.2, 0.25) is 0 Å². The highest BCUT2D eigenvalue weighted by Gasteiger charge is 2.24. The Kier molecular flexibility index (Phi) is 2.96. The molecule has 1 saturated heterocycles. The van der Waals surface area contributed by atoms with Gasteiger partial charge in [0.2, 0.25) is 0 Å². The van der Waals surface area contributed by atoms with Crippen LogP contribution in [-0.4, -0.2) is 21.4 Å². The third-order valence-electron chi connectivity index (χ3n) is 3.40. The van der Waals surface area contributed by atoms with Crippen LogP contribution in [0.5, 0.6) is 0 Å². The molecule has 3 rings (SSSR count). The minimum absolute atomic E-state index is 0.193. The Balaban J connectivity index is 1.90. The van der Waals surface area contributed by atoms with Gasteiger partial charge >= 0.3 is 0 Å². The van der Waals surface area contributed by atoms with Crippen molar-refractivity contribution < 1.29 is 4.39 Å². The summed E-state index contributed by atoms with van der Waals surface area (Å²) in [7, 11) is 0. The van der Waals surface area contributed by atoms with Crippen LogP contribution < -0.4 is 5.01 Å². The van der Waals surface area contributed by atoms with Crippen molar-refractivity contribution in [3.8, 4) is 0 Å². The Morgan fingerprint density at radius 3 is 2.72 bits per heavy atom. The lowest BCUT2D eigenvalue weighted by Crippen LogP contribution is -2.42. The van der Waals surface area contributed by atoms with Crippen LogP contribution in [0.15, 0.2) is 36.9 Å². The molecule has 1 aliphatic rings. The number of nitrogens with zero attached hydrogens (tertiary/aromatic N) is 4. The highest BCUT2D eigenvalue weighted by atomic mass is 19.1. The van der Waals surface area contributed by atoms with E-state index in [2.05, 4.69) is 15.1 Å². The second-order valence-electron chi connectivity index (χ2n) is 4.54. The second kappa shape index (κ2) is 4.76. The van der Waals surface area contributed by atoms with Gasteiger partial charge in [-0.15, -0.1) is 5.10 Å². The summed E-state index contributed by atoms with van der Waals surface area (Å²) in [6.07, 6.45) is 6.65. The molecular weight excluding hydrogens is 231 g/mol. The topological polar surface area (TPSA) is 34.0 Å². The van der Waals surface area contributed by atoms with Gasteiger partial charge in [0.25, 0.3) is 0 Å². The van der Waals surface area contributed by atoms with Crippen molar-refractivity contribution in [1.82, 2.24) is 14.9 Å². The van der Waals surface area contributed by atoms with Gasteiger partial charge in [-0.25, -0.2) is 9.37 Å². The molecule has 4 nitrogen and oxygen atoms in total. The summed E-state index contributed by atoms with van der Waals surface area (Å²) >= 11 is 0. The normalized spacial score (nSPS) is 20.1. The third-order valence-corrected chi connectivity index (χ3v) is 3.40. The van der Waals surface area contributed by atoms with E-state index in [0.29, 0.717) is 0 Å². The molecule has 0 saturated carbocycles. The minimum atomic E-state index is -0.193. The number of aromatic nitrogens is 3. The quantitative estimate of drug-likeness (QED) is 0.815. The molecule has 94 valence electrons. The molecule has 1 aromatic heterocycles. The highest BCUT2D eigenvalue weighted by molar-refractivity contribution is 5.24. The van der Waals surface area contributed by atoms with Gasteiger partial charge in [-0.2, -0.15) is 4.79 Å². The molecule has 2 aromatic rings. The predicted octanol–water partition coefficient (Wildman–Crippen LogP) is 2.28. The Hall–Kier alpha value is -1.91. The molecule has 0 amide bonds. The van der Waals surface area contributed by atoms with Gasteiger partial charge in [0.15, 0.2) is 0 Å². The fourth-order valence-corrected chi connectivity index (χ4v) is 2.52. The molecule has 2 heterocycles. The minimum Gasteiger partial charge on any atom is -0.288 e. The van der Waals surface area contributed by atoms with Crippen LogP contribution in [-0.2, 0) is 0 Å². The fourth-order valence-electron chi connectivity index (χ4n) is 2.52. The summed E-state index contributed by atoms with van der Waals surface area (Å²) in [5.41, 5.74) is 1.13. The standard InChI is InChI=1S/C13H15FN4/c14-12-6-4-11(5-7-12)13-3-1-2-8-17(13)18-10-15-9-16-18/h4-7,9-10,13H,1-3,8H2. The van der Waals surface area contributed by atoms with E-state index in [-0.39, 0.29) is 11.9 Å². The molecule has 0 spiro atoms. The van der Waals surface area contributed by atoms with Gasteiger partial charge < -0.3 is 0 Å². The molecule has 0 bridgehead atoms. The maximum atomic E-state index is 13.0. The lowest BCUT2D eigenvalue weighted by molar-refractivity contribution is 0.366. The number of hydrogen-bond acceptors (Lipinski definition) is 3. The number of piperidine rings is 1. The van der Waals surface area contributed by atoms with Crippen LogP contribution in [0.25, 0.3) is 0 Å². The van der Waals surface area contributed by atoms with E-state index in [1.54, 1.807) is 11.1 Å². The van der Waals surface area contributed by atoms with Crippen LogP contribution >= 0.6 is 0 Å². The van der Waals surface area contributed by atoms with E-state index >= 15 is 0 Å². The molecule has 0 aliphatic carbocycles. The molecule has 1 fully saturated rings. The summed E-state index contributed by atoms with van der Waals surface area (Å²) in [4.78, 5) is 5.77. The molecule has 1 atom stereocenters. The maximum absolute atomic E-state index is 13.0. The molecule has 1 aromatic carbocycles. The molecule has 18 heavy (non-hydrogen) atoms. The predicted molar refractivity (Wildman–Crippen MR) is 66.1 cm³/mol. The van der Waals surface area contributed by atoms with Crippen LogP contribution in [0.4, 0.5) is 4.39 Å². The summed E-state index contributed by atoms with van der Waals surface area (Å²) in [6, 6.07) is 7.00. The zero-order valence-corrected chi connectivity index (χ0v) is 10.0. The number of halogens is 1. The van der Waals surface area contributed by atoms with Crippen LogP contribution in [0.3, 0.4) is 0 Å². The smallest absolute Gasteiger partial charge is 0.139 e. The van der Waals surface area contributed by atoms with Crippen LogP contribution in [0, 0.1) is 5.82 Å². The third kappa shape index (κ3) is 2.08. The number of rotatable bonds is 2. The fraction of sp³-hybridized carbons (Fsp3) is 0.385. The van der Waals surface area contributed by atoms with Crippen molar-refractivity contribution in [1.29, 1.82) is 0 Å². The van der Waals surface area contributed by atoms with E-state index in [9.17, 15) is 4.39 Å². The van der Waals surface area contributed by atoms with Gasteiger partial charge in [-0.3, -0.25) is 5.01 Å². The van der Waals surface area contributed by atoms with E-state index in [4.69, 9.17) is 0 Å². The largest absolute Gasteiger partial charge is 0.288 e. The summed E-state index contributed by atoms with van der Waals surface area (Å²) in [5.74, 6) is -0.193. The Labute approximate surface area is 105 Å². The number of benzene rings is 1. The average Bonchev–Trinajstić information content (AvgIpc) is 2.93. The lowest BCUT2D eigenvalue weighted by atomic mass is 9.97. The SMILES string of the molecule is Fc1ccc(C2CCCCN2n2cncn2)cc1. The Bertz CT molecular complexity index is 494. The summed E-state index contributed by atoms with van der Waals surface area (Å²) in [6.45, 7) is 0.950. The van der Waals surface area contributed by atoms with E-state index < -0.39 is 0 Å².